The molecule has 1 aromatic heterocycles. The number of carbonyl (C=O) groups excluding carboxylic acids is 1. The average Bonchev–Trinajstić information content (AvgIpc) is 2.90. The summed E-state index contributed by atoms with van der Waals surface area (Å²) in [4.78, 5) is 16.6. The van der Waals surface area contributed by atoms with Crippen LogP contribution >= 0.6 is 11.3 Å². The van der Waals surface area contributed by atoms with Crippen LogP contribution in [0.5, 0.6) is 0 Å². The third-order valence-electron chi connectivity index (χ3n) is 4.29. The lowest BCUT2D eigenvalue weighted by Crippen LogP contribution is -2.37. The summed E-state index contributed by atoms with van der Waals surface area (Å²) in [7, 11) is 0. The molecule has 2 aromatic rings. The van der Waals surface area contributed by atoms with E-state index in [9.17, 15) is 4.79 Å². The van der Waals surface area contributed by atoms with Gasteiger partial charge in [-0.25, -0.2) is 4.98 Å². The number of carbonyl (C=O) groups is 1. The van der Waals surface area contributed by atoms with Crippen molar-refractivity contribution in [1.29, 1.82) is 0 Å². The molecule has 0 aliphatic heterocycles. The normalized spacial score (nSPS) is 22.3. The Balaban J connectivity index is 1.49. The van der Waals surface area contributed by atoms with Crippen molar-refractivity contribution < 1.29 is 4.79 Å². The number of aromatic nitrogens is 1. The first-order valence-corrected chi connectivity index (χ1v) is 8.66. The summed E-state index contributed by atoms with van der Waals surface area (Å²) in [5, 5.41) is 4.24. The van der Waals surface area contributed by atoms with Gasteiger partial charge in [-0.05, 0) is 43.7 Å². The van der Waals surface area contributed by atoms with Crippen LogP contribution in [-0.4, -0.2) is 16.9 Å². The maximum atomic E-state index is 12.0. The standard InChI is InChI=1S/C17H22N2OS/c1-12-6-8-13(9-7-12)18-16(20)10-11-17-19-14-4-2-3-5-15(14)21-17/h2-5,12-13H,6-11H2,1H3,(H,18,20). The highest BCUT2D eigenvalue weighted by molar-refractivity contribution is 7.18. The van der Waals surface area contributed by atoms with Gasteiger partial charge in [0.1, 0.15) is 0 Å². The number of nitrogens with zero attached hydrogens (tertiary/aromatic N) is 1. The second-order valence-corrected chi connectivity index (χ2v) is 7.21. The number of nitrogens with one attached hydrogen (secondary N) is 1. The van der Waals surface area contributed by atoms with Crippen LogP contribution in [0.1, 0.15) is 44.0 Å². The molecule has 112 valence electrons. The fourth-order valence-electron chi connectivity index (χ4n) is 2.95. The Morgan fingerprint density at radius 2 is 2.05 bits per heavy atom. The van der Waals surface area contributed by atoms with Gasteiger partial charge in [0.2, 0.25) is 5.91 Å². The predicted molar refractivity (Wildman–Crippen MR) is 87.5 cm³/mol. The Kier molecular flexibility index (Phi) is 4.54. The second-order valence-electron chi connectivity index (χ2n) is 6.10. The highest BCUT2D eigenvalue weighted by Crippen LogP contribution is 2.24. The molecule has 1 N–H and O–H groups in total. The summed E-state index contributed by atoms with van der Waals surface area (Å²) in [6.45, 7) is 2.30. The first kappa shape index (κ1) is 14.5. The lowest BCUT2D eigenvalue weighted by molar-refractivity contribution is -0.122. The van der Waals surface area contributed by atoms with Crippen molar-refractivity contribution in [2.24, 2.45) is 5.92 Å². The number of benzene rings is 1. The summed E-state index contributed by atoms with van der Waals surface area (Å²) in [6.07, 6.45) is 6.04. The summed E-state index contributed by atoms with van der Waals surface area (Å²) in [6, 6.07) is 8.53. The van der Waals surface area contributed by atoms with Crippen LogP contribution in [0.15, 0.2) is 24.3 Å². The molecule has 1 heterocycles. The fourth-order valence-corrected chi connectivity index (χ4v) is 3.92. The number of fused-ring (bicyclic) bond motifs is 1. The predicted octanol–water partition coefficient (Wildman–Crippen LogP) is 3.92. The van der Waals surface area contributed by atoms with Crippen molar-refractivity contribution in [2.75, 3.05) is 0 Å². The van der Waals surface area contributed by atoms with E-state index in [-0.39, 0.29) is 5.91 Å². The Labute approximate surface area is 129 Å². The van der Waals surface area contributed by atoms with Gasteiger partial charge in [-0.15, -0.1) is 11.3 Å². The summed E-state index contributed by atoms with van der Waals surface area (Å²) >= 11 is 1.69. The van der Waals surface area contributed by atoms with Crippen molar-refractivity contribution in [2.45, 2.75) is 51.5 Å². The largest absolute Gasteiger partial charge is 0.353 e. The zero-order valence-electron chi connectivity index (χ0n) is 12.5. The maximum absolute atomic E-state index is 12.0. The summed E-state index contributed by atoms with van der Waals surface area (Å²) in [5.41, 5.74) is 1.04. The fraction of sp³-hybridized carbons (Fsp3) is 0.529. The Morgan fingerprint density at radius 3 is 2.81 bits per heavy atom. The minimum atomic E-state index is 0.175. The van der Waals surface area contributed by atoms with Crippen molar-refractivity contribution in [3.05, 3.63) is 29.3 Å². The van der Waals surface area contributed by atoms with Crippen LogP contribution in [0.2, 0.25) is 0 Å². The third kappa shape index (κ3) is 3.82. The van der Waals surface area contributed by atoms with Gasteiger partial charge in [0.15, 0.2) is 0 Å². The molecule has 1 aliphatic rings. The van der Waals surface area contributed by atoms with Crippen LogP contribution in [0.4, 0.5) is 0 Å². The van der Waals surface area contributed by atoms with Crippen LogP contribution in [0.3, 0.4) is 0 Å². The molecule has 0 bridgehead atoms. The summed E-state index contributed by atoms with van der Waals surface area (Å²) < 4.78 is 1.20. The van der Waals surface area contributed by atoms with Gasteiger partial charge in [0, 0.05) is 18.9 Å². The SMILES string of the molecule is CC1CCC(NC(=O)CCc2nc3ccccc3s2)CC1. The molecular formula is C17H22N2OS. The van der Waals surface area contributed by atoms with E-state index in [4.69, 9.17) is 0 Å². The van der Waals surface area contributed by atoms with Crippen molar-refractivity contribution >= 4 is 27.5 Å². The minimum Gasteiger partial charge on any atom is -0.353 e. The quantitative estimate of drug-likeness (QED) is 0.930. The van der Waals surface area contributed by atoms with E-state index in [0.717, 1.165) is 35.7 Å². The second kappa shape index (κ2) is 6.56. The Morgan fingerprint density at radius 1 is 1.29 bits per heavy atom. The number of thiazole rings is 1. The van der Waals surface area contributed by atoms with Crippen molar-refractivity contribution in [3.63, 3.8) is 0 Å². The highest BCUT2D eigenvalue weighted by atomic mass is 32.1. The van der Waals surface area contributed by atoms with Gasteiger partial charge < -0.3 is 5.32 Å². The first-order valence-electron chi connectivity index (χ1n) is 7.84. The zero-order valence-corrected chi connectivity index (χ0v) is 13.3. The van der Waals surface area contributed by atoms with Gasteiger partial charge >= 0.3 is 0 Å². The van der Waals surface area contributed by atoms with Gasteiger partial charge in [-0.1, -0.05) is 19.1 Å². The molecule has 1 fully saturated rings. The molecular weight excluding hydrogens is 280 g/mol. The van der Waals surface area contributed by atoms with Crippen LogP contribution in [-0.2, 0) is 11.2 Å². The summed E-state index contributed by atoms with van der Waals surface area (Å²) in [5.74, 6) is 0.995. The van der Waals surface area contributed by atoms with Gasteiger partial charge in [0.25, 0.3) is 0 Å². The van der Waals surface area contributed by atoms with E-state index in [0.29, 0.717) is 12.5 Å². The lowest BCUT2D eigenvalue weighted by atomic mass is 9.87. The molecule has 0 saturated heterocycles. The van der Waals surface area contributed by atoms with E-state index in [1.54, 1.807) is 11.3 Å². The molecule has 0 unspecified atom stereocenters. The molecule has 4 heteroatoms. The molecule has 3 nitrogen and oxygen atoms in total. The molecule has 1 aliphatic carbocycles. The average molecular weight is 302 g/mol. The minimum absolute atomic E-state index is 0.175. The molecule has 0 atom stereocenters. The first-order chi connectivity index (χ1) is 10.2. The number of hydrogen-bond donors (Lipinski definition) is 1. The van der Waals surface area contributed by atoms with Crippen molar-refractivity contribution in [3.8, 4) is 0 Å². The number of aryl methyl sites for hydroxylation is 1. The third-order valence-corrected chi connectivity index (χ3v) is 5.38. The number of hydrogen-bond acceptors (Lipinski definition) is 3. The molecule has 1 amide bonds. The van der Waals surface area contributed by atoms with E-state index in [1.165, 1.54) is 17.5 Å². The zero-order chi connectivity index (χ0) is 14.7. The van der Waals surface area contributed by atoms with Crippen LogP contribution in [0.25, 0.3) is 10.2 Å². The monoisotopic (exact) mass is 302 g/mol. The molecule has 0 spiro atoms. The highest BCUT2D eigenvalue weighted by Gasteiger charge is 2.19. The van der Waals surface area contributed by atoms with E-state index in [2.05, 4.69) is 23.3 Å². The Hall–Kier alpha value is -1.42. The number of para-hydroxylation sites is 1. The Bertz CT molecular complexity index is 581. The molecule has 0 radical (unpaired) electrons. The molecule has 3 rings (SSSR count). The number of rotatable bonds is 4. The topological polar surface area (TPSA) is 42.0 Å². The van der Waals surface area contributed by atoms with Gasteiger partial charge in [-0.3, -0.25) is 4.79 Å². The maximum Gasteiger partial charge on any atom is 0.220 e. The van der Waals surface area contributed by atoms with Crippen molar-refractivity contribution in [1.82, 2.24) is 10.3 Å². The molecule has 21 heavy (non-hydrogen) atoms. The van der Waals surface area contributed by atoms with Crippen LogP contribution in [0, 0.1) is 5.92 Å². The lowest BCUT2D eigenvalue weighted by Gasteiger charge is -2.26. The van der Waals surface area contributed by atoms with Gasteiger partial charge in [0.05, 0.1) is 15.2 Å². The smallest absolute Gasteiger partial charge is 0.220 e. The molecule has 1 saturated carbocycles. The van der Waals surface area contributed by atoms with E-state index >= 15 is 0 Å². The van der Waals surface area contributed by atoms with E-state index in [1.807, 2.05) is 18.2 Å². The molecule has 1 aromatic carbocycles. The number of amides is 1. The van der Waals surface area contributed by atoms with Crippen LogP contribution < -0.4 is 5.32 Å². The van der Waals surface area contributed by atoms with Gasteiger partial charge in [-0.2, -0.15) is 0 Å². The van der Waals surface area contributed by atoms with E-state index < -0.39 is 0 Å².